The summed E-state index contributed by atoms with van der Waals surface area (Å²) >= 11 is 0. The van der Waals surface area contributed by atoms with Crippen molar-refractivity contribution in [1.29, 1.82) is 0 Å². The van der Waals surface area contributed by atoms with E-state index in [1.165, 1.54) is 27.8 Å². The zero-order valence-corrected chi connectivity index (χ0v) is 15.8. The van der Waals surface area contributed by atoms with Crippen LogP contribution >= 0.6 is 0 Å². The molecule has 2 aromatic rings. The molecule has 1 aliphatic heterocycles. The topological polar surface area (TPSA) is 29.5 Å². The number of nitrogens with zero attached hydrogens (tertiary/aromatic N) is 1. The SMILES string of the molecule is CC1(C)CN(C(=O)CCCc2ccc3c(c2)-c2ccccc2C3)CCO1. The molecule has 0 spiro atoms. The number of aryl methyl sites for hydroxylation is 1. The number of amides is 1. The number of carbonyl (C=O) groups excluding carboxylic acids is 1. The molecule has 4 rings (SSSR count). The molecule has 2 aromatic carbocycles. The van der Waals surface area contributed by atoms with Crippen LogP contribution in [0.15, 0.2) is 42.5 Å². The van der Waals surface area contributed by atoms with Gasteiger partial charge in [0.25, 0.3) is 0 Å². The summed E-state index contributed by atoms with van der Waals surface area (Å²) in [5.41, 5.74) is 6.69. The maximum Gasteiger partial charge on any atom is 0.222 e. The number of carbonyl (C=O) groups is 1. The zero-order chi connectivity index (χ0) is 18.1. The standard InChI is InChI=1S/C23H27NO2/c1-23(2)16-24(12-13-26-23)22(25)9-5-6-17-10-11-19-15-18-7-3-4-8-20(18)21(19)14-17/h3-4,7-8,10-11,14H,5-6,9,12-13,15-16H2,1-2H3. The molecule has 3 nitrogen and oxygen atoms in total. The van der Waals surface area contributed by atoms with Gasteiger partial charge in [0.2, 0.25) is 5.91 Å². The van der Waals surface area contributed by atoms with E-state index in [1.807, 2.05) is 4.90 Å². The third-order valence-electron chi connectivity index (χ3n) is 5.50. The molecule has 1 heterocycles. The molecule has 136 valence electrons. The first-order valence-electron chi connectivity index (χ1n) is 9.64. The van der Waals surface area contributed by atoms with Crippen LogP contribution in [0.1, 0.15) is 43.4 Å². The molecule has 3 heteroatoms. The molecule has 1 aliphatic carbocycles. The van der Waals surface area contributed by atoms with Gasteiger partial charge in [-0.05, 0) is 60.9 Å². The van der Waals surface area contributed by atoms with Crippen LogP contribution in [0.5, 0.6) is 0 Å². The predicted octanol–water partition coefficient (Wildman–Crippen LogP) is 4.22. The first-order valence-corrected chi connectivity index (χ1v) is 9.64. The van der Waals surface area contributed by atoms with Crippen molar-refractivity contribution in [1.82, 2.24) is 4.90 Å². The van der Waals surface area contributed by atoms with E-state index in [2.05, 4.69) is 56.3 Å². The van der Waals surface area contributed by atoms with E-state index in [-0.39, 0.29) is 11.5 Å². The monoisotopic (exact) mass is 349 g/mol. The van der Waals surface area contributed by atoms with Gasteiger partial charge >= 0.3 is 0 Å². The van der Waals surface area contributed by atoms with Crippen LogP contribution in [0, 0.1) is 0 Å². The fraction of sp³-hybridized carbons (Fsp3) is 0.435. The Morgan fingerprint density at radius 1 is 1.12 bits per heavy atom. The summed E-state index contributed by atoms with van der Waals surface area (Å²) in [6.07, 6.45) is 3.51. The van der Waals surface area contributed by atoms with E-state index in [0.717, 1.165) is 25.8 Å². The average Bonchev–Trinajstić information content (AvgIpc) is 2.99. The van der Waals surface area contributed by atoms with E-state index in [9.17, 15) is 4.79 Å². The number of benzene rings is 2. The lowest BCUT2D eigenvalue weighted by Crippen LogP contribution is -2.50. The number of rotatable bonds is 4. The van der Waals surface area contributed by atoms with Gasteiger partial charge in [0.15, 0.2) is 0 Å². The maximum absolute atomic E-state index is 12.5. The van der Waals surface area contributed by atoms with E-state index in [1.54, 1.807) is 0 Å². The molecule has 0 aromatic heterocycles. The van der Waals surface area contributed by atoms with Crippen molar-refractivity contribution < 1.29 is 9.53 Å². The van der Waals surface area contributed by atoms with Gasteiger partial charge in [-0.25, -0.2) is 0 Å². The molecule has 0 atom stereocenters. The van der Waals surface area contributed by atoms with Crippen molar-refractivity contribution in [2.24, 2.45) is 0 Å². The molecule has 1 amide bonds. The van der Waals surface area contributed by atoms with E-state index in [4.69, 9.17) is 4.74 Å². The summed E-state index contributed by atoms with van der Waals surface area (Å²) in [6, 6.07) is 15.5. The summed E-state index contributed by atoms with van der Waals surface area (Å²) in [4.78, 5) is 14.5. The summed E-state index contributed by atoms with van der Waals surface area (Å²) in [6.45, 7) is 6.16. The van der Waals surface area contributed by atoms with Crippen LogP contribution in [0.4, 0.5) is 0 Å². The van der Waals surface area contributed by atoms with Crippen molar-refractivity contribution in [2.75, 3.05) is 19.7 Å². The molecule has 0 bridgehead atoms. The summed E-state index contributed by atoms with van der Waals surface area (Å²) in [5, 5.41) is 0. The van der Waals surface area contributed by atoms with E-state index >= 15 is 0 Å². The molecule has 1 fully saturated rings. The van der Waals surface area contributed by atoms with Crippen molar-refractivity contribution >= 4 is 5.91 Å². The average molecular weight is 349 g/mol. The molecule has 0 unspecified atom stereocenters. The summed E-state index contributed by atoms with van der Waals surface area (Å²) < 4.78 is 5.70. The number of ether oxygens (including phenoxy) is 1. The van der Waals surface area contributed by atoms with Crippen LogP contribution < -0.4 is 0 Å². The fourth-order valence-corrected chi connectivity index (χ4v) is 4.16. The largest absolute Gasteiger partial charge is 0.372 e. The molecule has 0 saturated carbocycles. The predicted molar refractivity (Wildman–Crippen MR) is 104 cm³/mol. The van der Waals surface area contributed by atoms with Gasteiger partial charge in [0.1, 0.15) is 0 Å². The second-order valence-electron chi connectivity index (χ2n) is 8.10. The summed E-state index contributed by atoms with van der Waals surface area (Å²) in [7, 11) is 0. The number of hydrogen-bond donors (Lipinski definition) is 0. The maximum atomic E-state index is 12.5. The van der Waals surface area contributed by atoms with E-state index in [0.29, 0.717) is 19.6 Å². The lowest BCUT2D eigenvalue weighted by Gasteiger charge is -2.38. The third kappa shape index (κ3) is 3.54. The Morgan fingerprint density at radius 2 is 1.92 bits per heavy atom. The first-order chi connectivity index (χ1) is 12.5. The normalized spacial score (nSPS) is 17.7. The molecule has 26 heavy (non-hydrogen) atoms. The van der Waals surface area contributed by atoms with Crippen LogP contribution in [0.2, 0.25) is 0 Å². The Labute approximate surface area is 156 Å². The molecule has 1 saturated heterocycles. The second-order valence-corrected chi connectivity index (χ2v) is 8.10. The Hall–Kier alpha value is -2.13. The van der Waals surface area contributed by atoms with Crippen LogP contribution in [-0.4, -0.2) is 36.1 Å². The Morgan fingerprint density at radius 3 is 2.77 bits per heavy atom. The Balaban J connectivity index is 1.36. The van der Waals surface area contributed by atoms with Crippen LogP contribution in [-0.2, 0) is 22.4 Å². The lowest BCUT2D eigenvalue weighted by molar-refractivity contribution is -0.146. The van der Waals surface area contributed by atoms with Crippen molar-refractivity contribution in [2.45, 2.75) is 45.1 Å². The van der Waals surface area contributed by atoms with Gasteiger partial charge in [-0.2, -0.15) is 0 Å². The van der Waals surface area contributed by atoms with Gasteiger partial charge in [0.05, 0.1) is 12.2 Å². The lowest BCUT2D eigenvalue weighted by atomic mass is 10.00. The minimum absolute atomic E-state index is 0.221. The zero-order valence-electron chi connectivity index (χ0n) is 15.8. The molecular formula is C23H27NO2. The number of hydrogen-bond acceptors (Lipinski definition) is 2. The van der Waals surface area contributed by atoms with Gasteiger partial charge in [-0.3, -0.25) is 4.79 Å². The highest BCUT2D eigenvalue weighted by Crippen LogP contribution is 2.37. The Kier molecular flexibility index (Phi) is 4.58. The molecular weight excluding hydrogens is 322 g/mol. The van der Waals surface area contributed by atoms with Gasteiger partial charge in [-0.1, -0.05) is 42.5 Å². The molecule has 0 radical (unpaired) electrons. The minimum atomic E-state index is -0.221. The Bertz CT molecular complexity index is 825. The number of morpholine rings is 1. The first kappa shape index (κ1) is 17.3. The third-order valence-corrected chi connectivity index (χ3v) is 5.50. The minimum Gasteiger partial charge on any atom is -0.372 e. The highest BCUT2D eigenvalue weighted by atomic mass is 16.5. The van der Waals surface area contributed by atoms with Gasteiger partial charge in [0, 0.05) is 19.5 Å². The van der Waals surface area contributed by atoms with Crippen molar-refractivity contribution in [3.63, 3.8) is 0 Å². The highest BCUT2D eigenvalue weighted by molar-refractivity contribution is 5.77. The van der Waals surface area contributed by atoms with Gasteiger partial charge < -0.3 is 9.64 Å². The van der Waals surface area contributed by atoms with Gasteiger partial charge in [-0.15, -0.1) is 0 Å². The fourth-order valence-electron chi connectivity index (χ4n) is 4.16. The second kappa shape index (κ2) is 6.88. The highest BCUT2D eigenvalue weighted by Gasteiger charge is 2.29. The van der Waals surface area contributed by atoms with Crippen LogP contribution in [0.3, 0.4) is 0 Å². The van der Waals surface area contributed by atoms with E-state index < -0.39 is 0 Å². The number of fused-ring (bicyclic) bond motifs is 3. The molecule has 0 N–H and O–H groups in total. The molecule has 2 aliphatic rings. The van der Waals surface area contributed by atoms with Crippen molar-refractivity contribution in [3.05, 3.63) is 59.2 Å². The quantitative estimate of drug-likeness (QED) is 0.706. The van der Waals surface area contributed by atoms with Crippen LogP contribution in [0.25, 0.3) is 11.1 Å². The summed E-state index contributed by atoms with van der Waals surface area (Å²) in [5.74, 6) is 0.257. The van der Waals surface area contributed by atoms with Crippen molar-refractivity contribution in [3.8, 4) is 11.1 Å². The smallest absolute Gasteiger partial charge is 0.222 e.